The highest BCUT2D eigenvalue weighted by molar-refractivity contribution is 9.10. The van der Waals surface area contributed by atoms with Crippen LogP contribution in [-0.4, -0.2) is 23.6 Å². The topological polar surface area (TPSA) is 87.7 Å². The lowest BCUT2D eigenvalue weighted by Crippen LogP contribution is -2.24. The summed E-state index contributed by atoms with van der Waals surface area (Å²) in [5, 5.41) is 6.10. The minimum absolute atomic E-state index is 0.0417. The van der Waals surface area contributed by atoms with Crippen LogP contribution in [0.25, 0.3) is 0 Å². The molecule has 9 heteroatoms. The van der Waals surface area contributed by atoms with Gasteiger partial charge < -0.3 is 0 Å². The Kier molecular flexibility index (Phi) is 3.73. The van der Waals surface area contributed by atoms with Gasteiger partial charge in [-0.25, -0.2) is 22.5 Å². The number of halogens is 2. The Bertz CT molecular complexity index is 645. The maximum Gasteiger partial charge on any atom is 0.241 e. The van der Waals surface area contributed by atoms with Crippen LogP contribution in [0.3, 0.4) is 0 Å². The molecule has 0 aliphatic heterocycles. The number of aromatic nitrogens is 3. The fourth-order valence-electron chi connectivity index (χ4n) is 1.21. The molecule has 2 rings (SSSR count). The van der Waals surface area contributed by atoms with Gasteiger partial charge in [0.05, 0.1) is 15.9 Å². The van der Waals surface area contributed by atoms with E-state index in [1.165, 1.54) is 18.5 Å². The van der Waals surface area contributed by atoms with Crippen LogP contribution in [0.2, 0.25) is 0 Å². The quantitative estimate of drug-likeness (QED) is 0.878. The van der Waals surface area contributed by atoms with E-state index in [2.05, 4.69) is 35.8 Å². The molecule has 2 N–H and O–H groups in total. The molecular weight excluding hydrogens is 327 g/mol. The van der Waals surface area contributed by atoms with E-state index in [0.717, 1.165) is 6.07 Å². The molecule has 0 aliphatic rings. The number of sulfonamides is 1. The number of hydrogen-bond acceptors (Lipinski definition) is 4. The van der Waals surface area contributed by atoms with Crippen molar-refractivity contribution >= 4 is 26.0 Å². The van der Waals surface area contributed by atoms with Crippen molar-refractivity contribution in [1.29, 1.82) is 0 Å². The number of rotatable bonds is 4. The molecule has 0 aliphatic carbocycles. The van der Waals surface area contributed by atoms with E-state index in [9.17, 15) is 12.8 Å². The molecule has 0 unspecified atom stereocenters. The third-order valence-corrected chi connectivity index (χ3v) is 4.14. The second kappa shape index (κ2) is 5.12. The smallest absolute Gasteiger partial charge is 0.241 e. The largest absolute Gasteiger partial charge is 0.262 e. The first-order valence-corrected chi connectivity index (χ1v) is 7.05. The molecule has 0 bridgehead atoms. The predicted octanol–water partition coefficient (Wildman–Crippen LogP) is 1.18. The first-order valence-electron chi connectivity index (χ1n) is 4.78. The molecule has 1 aromatic carbocycles. The van der Waals surface area contributed by atoms with Crippen molar-refractivity contribution in [2.75, 3.05) is 0 Å². The summed E-state index contributed by atoms with van der Waals surface area (Å²) in [7, 11) is -3.77. The number of nitrogens with zero attached hydrogens (tertiary/aromatic N) is 2. The van der Waals surface area contributed by atoms with Gasteiger partial charge in [0.15, 0.2) is 0 Å². The normalized spacial score (nSPS) is 11.7. The molecule has 6 nitrogen and oxygen atoms in total. The molecule has 0 atom stereocenters. The number of hydrogen-bond donors (Lipinski definition) is 2. The van der Waals surface area contributed by atoms with Gasteiger partial charge >= 0.3 is 0 Å². The fraction of sp³-hybridized carbons (Fsp3) is 0.111. The summed E-state index contributed by atoms with van der Waals surface area (Å²) in [5.74, 6) is -0.270. The van der Waals surface area contributed by atoms with Gasteiger partial charge in [-0.3, -0.25) is 5.10 Å². The van der Waals surface area contributed by atoms with E-state index < -0.39 is 15.8 Å². The molecule has 1 aromatic heterocycles. The van der Waals surface area contributed by atoms with Gasteiger partial charge in [-0.1, -0.05) is 0 Å². The molecule has 0 spiro atoms. The van der Waals surface area contributed by atoms with Crippen molar-refractivity contribution < 1.29 is 12.8 Å². The molecule has 0 saturated carbocycles. The Balaban J connectivity index is 2.17. The Hall–Kier alpha value is -1.32. The van der Waals surface area contributed by atoms with Crippen LogP contribution in [0, 0.1) is 5.82 Å². The summed E-state index contributed by atoms with van der Waals surface area (Å²) >= 11 is 2.95. The lowest BCUT2D eigenvalue weighted by Gasteiger charge is -2.05. The Morgan fingerprint density at radius 3 is 2.83 bits per heavy atom. The van der Waals surface area contributed by atoms with E-state index in [-0.39, 0.29) is 15.9 Å². The lowest BCUT2D eigenvalue weighted by molar-refractivity contribution is 0.575. The third-order valence-electron chi connectivity index (χ3n) is 2.10. The van der Waals surface area contributed by atoms with E-state index in [0.29, 0.717) is 5.82 Å². The summed E-state index contributed by atoms with van der Waals surface area (Å²) in [6.07, 6.45) is 1.27. The highest BCUT2D eigenvalue weighted by Crippen LogP contribution is 2.19. The summed E-state index contributed by atoms with van der Waals surface area (Å²) in [6, 6.07) is 3.57. The van der Waals surface area contributed by atoms with Crippen molar-refractivity contribution in [2.45, 2.75) is 11.4 Å². The molecule has 0 fully saturated rings. The molecule has 2 aromatic rings. The summed E-state index contributed by atoms with van der Waals surface area (Å²) in [5.41, 5.74) is 0. The predicted molar refractivity (Wildman–Crippen MR) is 64.5 cm³/mol. The maximum atomic E-state index is 13.3. The van der Waals surface area contributed by atoms with Crippen LogP contribution >= 0.6 is 15.9 Å². The van der Waals surface area contributed by atoms with Crippen LogP contribution in [0.15, 0.2) is 33.9 Å². The van der Waals surface area contributed by atoms with Crippen LogP contribution < -0.4 is 4.72 Å². The molecular formula is C9H8BrFN4O2S. The second-order valence-electron chi connectivity index (χ2n) is 3.33. The maximum absolute atomic E-state index is 13.3. The fourth-order valence-corrected chi connectivity index (χ4v) is 2.45. The Labute approximate surface area is 111 Å². The van der Waals surface area contributed by atoms with E-state index in [1.54, 1.807) is 0 Å². The zero-order chi connectivity index (χ0) is 13.2. The van der Waals surface area contributed by atoms with Crippen molar-refractivity contribution in [2.24, 2.45) is 0 Å². The second-order valence-corrected chi connectivity index (χ2v) is 5.95. The van der Waals surface area contributed by atoms with Gasteiger partial charge in [-0.15, -0.1) is 0 Å². The first-order chi connectivity index (χ1) is 8.49. The monoisotopic (exact) mass is 334 g/mol. The van der Waals surface area contributed by atoms with E-state index in [1.807, 2.05) is 0 Å². The Morgan fingerprint density at radius 2 is 2.22 bits per heavy atom. The first kappa shape index (κ1) is 13.1. The summed E-state index contributed by atoms with van der Waals surface area (Å²) in [6.45, 7) is -0.0417. The number of H-pyrrole nitrogens is 1. The average molecular weight is 335 g/mol. The third kappa shape index (κ3) is 2.92. The average Bonchev–Trinajstić information content (AvgIpc) is 2.83. The van der Waals surface area contributed by atoms with Crippen molar-refractivity contribution in [3.05, 3.63) is 40.6 Å². The van der Waals surface area contributed by atoms with Crippen molar-refractivity contribution in [1.82, 2.24) is 19.9 Å². The minimum Gasteiger partial charge on any atom is -0.262 e. The summed E-state index contributed by atoms with van der Waals surface area (Å²) in [4.78, 5) is 3.62. The zero-order valence-electron chi connectivity index (χ0n) is 8.89. The van der Waals surface area contributed by atoms with Crippen LogP contribution in [0.1, 0.15) is 5.82 Å². The minimum atomic E-state index is -3.77. The van der Waals surface area contributed by atoms with Crippen molar-refractivity contribution in [3.63, 3.8) is 0 Å². The zero-order valence-corrected chi connectivity index (χ0v) is 11.3. The number of benzene rings is 1. The van der Waals surface area contributed by atoms with Gasteiger partial charge in [-0.05, 0) is 34.1 Å². The Morgan fingerprint density at radius 1 is 1.44 bits per heavy atom. The number of aromatic amines is 1. The van der Waals surface area contributed by atoms with Gasteiger partial charge in [-0.2, -0.15) is 5.10 Å². The van der Waals surface area contributed by atoms with Crippen LogP contribution in [-0.2, 0) is 16.6 Å². The van der Waals surface area contributed by atoms with Gasteiger partial charge in [0.25, 0.3) is 0 Å². The molecule has 0 amide bonds. The molecule has 0 radical (unpaired) electrons. The van der Waals surface area contributed by atoms with Crippen LogP contribution in [0.5, 0.6) is 0 Å². The van der Waals surface area contributed by atoms with Gasteiger partial charge in [0.1, 0.15) is 18.0 Å². The standard InChI is InChI=1S/C9H8BrFN4O2S/c10-7-2-1-6(3-8(7)11)18(16,17)14-4-9-12-5-13-15-9/h1-3,5,14H,4H2,(H,12,13,15). The molecule has 96 valence electrons. The highest BCUT2D eigenvalue weighted by atomic mass is 79.9. The lowest BCUT2D eigenvalue weighted by atomic mass is 10.3. The van der Waals surface area contributed by atoms with E-state index in [4.69, 9.17) is 0 Å². The molecule has 1 heterocycles. The van der Waals surface area contributed by atoms with Gasteiger partial charge in [0, 0.05) is 0 Å². The van der Waals surface area contributed by atoms with Crippen LogP contribution in [0.4, 0.5) is 4.39 Å². The highest BCUT2D eigenvalue weighted by Gasteiger charge is 2.16. The van der Waals surface area contributed by atoms with Crippen molar-refractivity contribution in [3.8, 4) is 0 Å². The number of nitrogens with one attached hydrogen (secondary N) is 2. The van der Waals surface area contributed by atoms with Gasteiger partial charge in [0.2, 0.25) is 10.0 Å². The molecule has 18 heavy (non-hydrogen) atoms. The molecule has 0 saturated heterocycles. The van der Waals surface area contributed by atoms with E-state index >= 15 is 0 Å². The SMILES string of the molecule is O=S(=O)(NCc1ncn[nH]1)c1ccc(Br)c(F)c1. The summed E-state index contributed by atoms with van der Waals surface area (Å²) < 4.78 is 39.4.